The van der Waals surface area contributed by atoms with Gasteiger partial charge in [-0.05, 0) is 49.9 Å². The van der Waals surface area contributed by atoms with Crippen molar-refractivity contribution in [3.05, 3.63) is 35.4 Å². The Morgan fingerprint density at radius 1 is 0.778 bits per heavy atom. The number of benzene rings is 1. The van der Waals surface area contributed by atoms with Crippen LogP contribution in [0.2, 0.25) is 0 Å². The molecule has 10 nitrogen and oxygen atoms in total. The van der Waals surface area contributed by atoms with Crippen LogP contribution in [-0.4, -0.2) is 70.8 Å². The van der Waals surface area contributed by atoms with Crippen molar-refractivity contribution in [2.45, 2.75) is 78.7 Å². The topological polar surface area (TPSA) is 117 Å². The molecule has 2 fully saturated rings. The first kappa shape index (κ1) is 27.6. The predicted octanol–water partition coefficient (Wildman–Crippen LogP) is 2.30. The van der Waals surface area contributed by atoms with Gasteiger partial charge >= 0.3 is 0 Å². The van der Waals surface area contributed by atoms with Crippen molar-refractivity contribution >= 4 is 23.6 Å². The third kappa shape index (κ3) is 6.61. The van der Waals surface area contributed by atoms with Gasteiger partial charge in [0.1, 0.15) is 0 Å². The monoisotopic (exact) mass is 502 g/mol. The Labute approximate surface area is 212 Å². The van der Waals surface area contributed by atoms with Gasteiger partial charge in [-0.1, -0.05) is 27.7 Å². The summed E-state index contributed by atoms with van der Waals surface area (Å²) in [6, 6.07) is 6.00. The molecule has 0 bridgehead atoms. The van der Waals surface area contributed by atoms with Crippen LogP contribution in [0.3, 0.4) is 0 Å². The number of nitrogens with zero attached hydrogens (tertiary/aromatic N) is 2. The number of carbonyl (C=O) groups excluding carboxylic acids is 4. The molecule has 0 radical (unpaired) electrons. The fourth-order valence-corrected chi connectivity index (χ4v) is 4.54. The maximum Gasteiger partial charge on any atom is 0.274 e. The standard InChI is InChI=1S/C26H38N4O6/c1-15(2)13-29-17(5)11-21(25(29)33)35-27-23(31)19-7-9-20(10-8-19)24(32)28-36-22-12-18(6)30(26(22)34)14-16(3)4/h7-10,15-18,21-22H,11-14H2,1-6H3,(H,27,31)(H,28,32)/t17?,18?,21-,22-/m1/s1. The maximum absolute atomic E-state index is 12.5. The highest BCUT2D eigenvalue weighted by molar-refractivity contribution is 5.97. The molecular formula is C26H38N4O6. The van der Waals surface area contributed by atoms with Crippen LogP contribution in [-0.2, 0) is 19.3 Å². The summed E-state index contributed by atoms with van der Waals surface area (Å²) in [7, 11) is 0. The Balaban J connectivity index is 1.48. The molecule has 4 amide bonds. The minimum atomic E-state index is -0.720. The van der Waals surface area contributed by atoms with E-state index in [2.05, 4.69) is 11.0 Å². The fraction of sp³-hybridized carbons (Fsp3) is 0.615. The zero-order chi connectivity index (χ0) is 26.6. The number of hydroxylamine groups is 2. The zero-order valence-corrected chi connectivity index (χ0v) is 21.9. The molecule has 3 rings (SSSR count). The normalized spacial score (nSPS) is 24.2. The van der Waals surface area contributed by atoms with E-state index in [1.165, 1.54) is 24.3 Å². The zero-order valence-electron chi connectivity index (χ0n) is 21.9. The van der Waals surface area contributed by atoms with E-state index >= 15 is 0 Å². The van der Waals surface area contributed by atoms with Gasteiger partial charge in [0.05, 0.1) is 0 Å². The Morgan fingerprint density at radius 2 is 1.11 bits per heavy atom. The van der Waals surface area contributed by atoms with Gasteiger partial charge in [-0.3, -0.25) is 28.9 Å². The second-order valence-electron chi connectivity index (χ2n) is 10.6. The first-order valence-corrected chi connectivity index (χ1v) is 12.6. The lowest BCUT2D eigenvalue weighted by Gasteiger charge is -2.23. The van der Waals surface area contributed by atoms with E-state index in [1.807, 2.05) is 41.5 Å². The van der Waals surface area contributed by atoms with Crippen LogP contribution in [0.5, 0.6) is 0 Å². The summed E-state index contributed by atoms with van der Waals surface area (Å²) < 4.78 is 0. The number of carbonyl (C=O) groups is 4. The van der Waals surface area contributed by atoms with E-state index in [0.717, 1.165) is 0 Å². The summed E-state index contributed by atoms with van der Waals surface area (Å²) in [6.45, 7) is 13.4. The lowest BCUT2D eigenvalue weighted by molar-refractivity contribution is -0.141. The molecule has 2 aliphatic heterocycles. The Morgan fingerprint density at radius 3 is 1.42 bits per heavy atom. The van der Waals surface area contributed by atoms with E-state index in [1.54, 1.807) is 9.80 Å². The summed E-state index contributed by atoms with van der Waals surface area (Å²) in [4.78, 5) is 64.4. The van der Waals surface area contributed by atoms with Gasteiger partial charge in [0.25, 0.3) is 23.6 Å². The van der Waals surface area contributed by atoms with Crippen LogP contribution >= 0.6 is 0 Å². The van der Waals surface area contributed by atoms with Crippen LogP contribution in [0.25, 0.3) is 0 Å². The molecule has 1 aromatic carbocycles. The minimum absolute atomic E-state index is 0.0443. The molecule has 2 N–H and O–H groups in total. The Kier molecular flexibility index (Phi) is 9.08. The van der Waals surface area contributed by atoms with Crippen molar-refractivity contribution in [3.63, 3.8) is 0 Å². The van der Waals surface area contributed by atoms with E-state index in [0.29, 0.717) is 37.8 Å². The van der Waals surface area contributed by atoms with Crippen molar-refractivity contribution in [2.24, 2.45) is 11.8 Å². The molecule has 2 saturated heterocycles. The maximum atomic E-state index is 12.5. The highest BCUT2D eigenvalue weighted by Crippen LogP contribution is 2.23. The molecule has 0 aliphatic carbocycles. The highest BCUT2D eigenvalue weighted by atomic mass is 16.7. The highest BCUT2D eigenvalue weighted by Gasteiger charge is 2.39. The molecule has 4 atom stereocenters. The van der Waals surface area contributed by atoms with Gasteiger partial charge in [-0.25, -0.2) is 11.0 Å². The number of amides is 4. The summed E-state index contributed by atoms with van der Waals surface area (Å²) >= 11 is 0. The molecule has 1 aromatic rings. The van der Waals surface area contributed by atoms with E-state index < -0.39 is 24.0 Å². The van der Waals surface area contributed by atoms with Crippen LogP contribution in [0, 0.1) is 11.8 Å². The molecule has 2 aliphatic rings. The van der Waals surface area contributed by atoms with Crippen molar-refractivity contribution in [3.8, 4) is 0 Å². The van der Waals surface area contributed by atoms with Gasteiger partial charge in [0, 0.05) is 49.1 Å². The van der Waals surface area contributed by atoms with Crippen LogP contribution in [0.15, 0.2) is 24.3 Å². The largest absolute Gasteiger partial charge is 0.337 e. The summed E-state index contributed by atoms with van der Waals surface area (Å²) in [5.41, 5.74) is 5.24. The first-order chi connectivity index (χ1) is 17.0. The van der Waals surface area contributed by atoms with Gasteiger partial charge in [0.2, 0.25) is 0 Å². The smallest absolute Gasteiger partial charge is 0.274 e. The van der Waals surface area contributed by atoms with Gasteiger partial charge in [0.15, 0.2) is 12.2 Å². The molecular weight excluding hydrogens is 464 g/mol. The molecule has 2 unspecified atom stereocenters. The van der Waals surface area contributed by atoms with Gasteiger partial charge in [-0.2, -0.15) is 0 Å². The number of nitrogens with one attached hydrogen (secondary N) is 2. The van der Waals surface area contributed by atoms with Gasteiger partial charge in [-0.15, -0.1) is 0 Å². The van der Waals surface area contributed by atoms with E-state index in [-0.39, 0.29) is 35.0 Å². The third-order valence-electron chi connectivity index (χ3n) is 6.41. The lowest BCUT2D eigenvalue weighted by Crippen LogP contribution is -2.39. The summed E-state index contributed by atoms with van der Waals surface area (Å²) in [5, 5.41) is 0. The molecule has 10 heteroatoms. The first-order valence-electron chi connectivity index (χ1n) is 12.6. The number of hydrogen-bond donors (Lipinski definition) is 2. The van der Waals surface area contributed by atoms with E-state index in [4.69, 9.17) is 9.68 Å². The second kappa shape index (κ2) is 11.8. The summed E-state index contributed by atoms with van der Waals surface area (Å²) in [5.74, 6) is -0.620. The van der Waals surface area contributed by atoms with E-state index in [9.17, 15) is 19.2 Å². The second-order valence-corrected chi connectivity index (χ2v) is 10.6. The minimum Gasteiger partial charge on any atom is -0.337 e. The average Bonchev–Trinajstić information content (AvgIpc) is 3.24. The summed E-state index contributed by atoms with van der Waals surface area (Å²) in [6.07, 6.45) is -0.435. The van der Waals surface area contributed by atoms with Crippen LogP contribution in [0.1, 0.15) is 75.1 Å². The molecule has 0 aromatic heterocycles. The van der Waals surface area contributed by atoms with Crippen molar-refractivity contribution in [1.29, 1.82) is 0 Å². The van der Waals surface area contributed by atoms with Gasteiger partial charge < -0.3 is 9.80 Å². The quantitative estimate of drug-likeness (QED) is 0.474. The Bertz CT molecular complexity index is 887. The predicted molar refractivity (Wildman–Crippen MR) is 132 cm³/mol. The number of hydrogen-bond acceptors (Lipinski definition) is 6. The third-order valence-corrected chi connectivity index (χ3v) is 6.41. The fourth-order valence-electron chi connectivity index (χ4n) is 4.54. The number of likely N-dealkylation sites (tertiary alicyclic amines) is 2. The Hall–Kier alpha value is -2.98. The molecule has 198 valence electrons. The van der Waals surface area contributed by atoms with Crippen molar-refractivity contribution in [1.82, 2.24) is 20.8 Å². The van der Waals surface area contributed by atoms with Crippen LogP contribution < -0.4 is 11.0 Å². The van der Waals surface area contributed by atoms with Crippen molar-refractivity contribution < 1.29 is 28.9 Å². The SMILES string of the molecule is CC(C)CN1C(=O)[C@H](ONC(=O)c2ccc(C(=O)NO[C@@H]3CC(C)N(CC(C)C)C3=O)cc2)CC1C. The molecule has 0 saturated carbocycles. The van der Waals surface area contributed by atoms with Crippen molar-refractivity contribution in [2.75, 3.05) is 13.1 Å². The molecule has 0 spiro atoms. The molecule has 36 heavy (non-hydrogen) atoms. The lowest BCUT2D eigenvalue weighted by atomic mass is 10.1. The van der Waals surface area contributed by atoms with Crippen LogP contribution in [0.4, 0.5) is 0 Å². The average molecular weight is 503 g/mol. The number of rotatable bonds is 10. The molecule has 2 heterocycles.